The van der Waals surface area contributed by atoms with E-state index < -0.39 is 17.8 Å². The van der Waals surface area contributed by atoms with Crippen molar-refractivity contribution in [3.8, 4) is 11.4 Å². The lowest BCUT2D eigenvalue weighted by atomic mass is 10.1. The van der Waals surface area contributed by atoms with E-state index in [4.69, 9.17) is 5.73 Å². The molecule has 7 nitrogen and oxygen atoms in total. The van der Waals surface area contributed by atoms with Gasteiger partial charge < -0.3 is 10.8 Å². The number of rotatable bonds is 5. The molecule has 0 unspecified atom stereocenters. The number of carbonyl (C=O) groups is 1. The molecule has 1 aromatic heterocycles. The topological polar surface area (TPSA) is 107 Å². The summed E-state index contributed by atoms with van der Waals surface area (Å²) in [7, 11) is 0. The van der Waals surface area contributed by atoms with Crippen LogP contribution in [-0.4, -0.2) is 31.2 Å². The number of hydrogen-bond donors (Lipinski definition) is 2. The Bertz CT molecular complexity index is 863. The summed E-state index contributed by atoms with van der Waals surface area (Å²) in [4.78, 5) is 12.3. The number of benzene rings is 2. The fourth-order valence-electron chi connectivity index (χ4n) is 2.19. The molecule has 0 fully saturated rings. The third-order valence-electron chi connectivity index (χ3n) is 3.45. The molecular formula is C16H14FN5O2. The smallest absolute Gasteiger partial charge is 0.248 e. The van der Waals surface area contributed by atoms with Gasteiger partial charge in [-0.25, -0.2) is 4.39 Å². The van der Waals surface area contributed by atoms with Gasteiger partial charge in [-0.1, -0.05) is 24.3 Å². The summed E-state index contributed by atoms with van der Waals surface area (Å²) in [6, 6.07) is 12.2. The molecule has 122 valence electrons. The van der Waals surface area contributed by atoms with Gasteiger partial charge in [0, 0.05) is 11.1 Å². The van der Waals surface area contributed by atoms with Crippen molar-refractivity contribution in [1.29, 1.82) is 0 Å². The Hall–Kier alpha value is -3.13. The Morgan fingerprint density at radius 3 is 2.67 bits per heavy atom. The third kappa shape index (κ3) is 3.44. The molecule has 24 heavy (non-hydrogen) atoms. The van der Waals surface area contributed by atoms with Crippen molar-refractivity contribution in [2.75, 3.05) is 0 Å². The molecule has 0 aliphatic heterocycles. The van der Waals surface area contributed by atoms with E-state index in [2.05, 4.69) is 15.4 Å². The van der Waals surface area contributed by atoms with Crippen LogP contribution in [0.15, 0.2) is 48.5 Å². The molecule has 0 bridgehead atoms. The fourth-order valence-corrected chi connectivity index (χ4v) is 2.19. The first-order valence-corrected chi connectivity index (χ1v) is 7.14. The molecule has 3 N–H and O–H groups in total. The van der Waals surface area contributed by atoms with Crippen molar-refractivity contribution >= 4 is 5.91 Å². The van der Waals surface area contributed by atoms with Crippen molar-refractivity contribution in [3.05, 3.63) is 65.5 Å². The highest BCUT2D eigenvalue weighted by atomic mass is 19.1. The maximum atomic E-state index is 13.2. The van der Waals surface area contributed by atoms with Crippen LogP contribution in [0, 0.1) is 5.82 Å². The molecule has 1 amide bonds. The molecule has 8 heteroatoms. The number of halogens is 1. The largest absolute Gasteiger partial charge is 0.386 e. The van der Waals surface area contributed by atoms with Gasteiger partial charge >= 0.3 is 0 Å². The number of tetrazole rings is 1. The van der Waals surface area contributed by atoms with Crippen LogP contribution >= 0.6 is 0 Å². The number of nitrogens with two attached hydrogens (primary N) is 1. The highest BCUT2D eigenvalue weighted by Crippen LogP contribution is 2.17. The van der Waals surface area contributed by atoms with E-state index in [1.165, 1.54) is 23.0 Å². The first-order valence-electron chi connectivity index (χ1n) is 7.14. The van der Waals surface area contributed by atoms with E-state index in [1.54, 1.807) is 30.3 Å². The molecule has 0 spiro atoms. The van der Waals surface area contributed by atoms with E-state index in [1.807, 2.05) is 0 Å². The summed E-state index contributed by atoms with van der Waals surface area (Å²) in [6.45, 7) is 0.0375. The lowest BCUT2D eigenvalue weighted by molar-refractivity contribution is 0.1000. The van der Waals surface area contributed by atoms with E-state index in [-0.39, 0.29) is 6.54 Å². The average Bonchev–Trinajstić information content (AvgIpc) is 3.03. The van der Waals surface area contributed by atoms with Gasteiger partial charge in [0.05, 0.1) is 6.54 Å². The minimum Gasteiger partial charge on any atom is -0.386 e. The molecule has 0 radical (unpaired) electrons. The van der Waals surface area contributed by atoms with Gasteiger partial charge in [-0.3, -0.25) is 4.79 Å². The molecule has 1 atom stereocenters. The lowest BCUT2D eigenvalue weighted by Gasteiger charge is -2.09. The zero-order valence-electron chi connectivity index (χ0n) is 12.5. The van der Waals surface area contributed by atoms with Crippen molar-refractivity contribution in [3.63, 3.8) is 0 Å². The monoisotopic (exact) mass is 327 g/mol. The Balaban J connectivity index is 1.74. The normalized spacial score (nSPS) is 12.1. The summed E-state index contributed by atoms with van der Waals surface area (Å²) < 4.78 is 13.2. The number of primary amides is 1. The van der Waals surface area contributed by atoms with Crippen LogP contribution in [0.2, 0.25) is 0 Å². The average molecular weight is 327 g/mol. The fraction of sp³-hybridized carbons (Fsp3) is 0.125. The number of aliphatic hydroxyl groups excluding tert-OH is 1. The Labute approximate surface area is 136 Å². The SMILES string of the molecule is NC(=O)c1ccc(-c2nnn(C[C@@H](O)c3cccc(F)c3)n2)cc1. The Kier molecular flexibility index (Phi) is 4.30. The van der Waals surface area contributed by atoms with Gasteiger partial charge in [0.25, 0.3) is 0 Å². The second kappa shape index (κ2) is 6.55. The number of aromatic nitrogens is 4. The minimum atomic E-state index is -0.958. The highest BCUT2D eigenvalue weighted by molar-refractivity contribution is 5.93. The molecule has 0 aliphatic rings. The summed E-state index contributed by atoms with van der Waals surface area (Å²) in [6.07, 6.45) is -0.958. The maximum Gasteiger partial charge on any atom is 0.248 e. The predicted molar refractivity (Wildman–Crippen MR) is 83.1 cm³/mol. The third-order valence-corrected chi connectivity index (χ3v) is 3.45. The molecule has 0 aliphatic carbocycles. The molecule has 3 aromatic rings. The lowest BCUT2D eigenvalue weighted by Crippen LogP contribution is -2.11. The molecule has 2 aromatic carbocycles. The van der Waals surface area contributed by atoms with Gasteiger partial charge in [0.2, 0.25) is 11.7 Å². The second-order valence-electron chi connectivity index (χ2n) is 5.18. The predicted octanol–water partition coefficient (Wildman–Crippen LogP) is 1.31. The summed E-state index contributed by atoms with van der Waals surface area (Å²) in [5.41, 5.74) is 6.66. The van der Waals surface area contributed by atoms with Crippen LogP contribution in [0.25, 0.3) is 11.4 Å². The van der Waals surface area contributed by atoms with Gasteiger partial charge in [-0.05, 0) is 35.0 Å². The van der Waals surface area contributed by atoms with Gasteiger partial charge in [-0.15, -0.1) is 10.2 Å². The highest BCUT2D eigenvalue weighted by Gasteiger charge is 2.13. The Morgan fingerprint density at radius 1 is 1.25 bits per heavy atom. The van der Waals surface area contributed by atoms with Gasteiger partial charge in [0.15, 0.2) is 0 Å². The number of amides is 1. The summed E-state index contributed by atoms with van der Waals surface area (Å²) >= 11 is 0. The number of aliphatic hydroxyl groups is 1. The molecular weight excluding hydrogens is 313 g/mol. The molecule has 1 heterocycles. The number of nitrogens with zero attached hydrogens (tertiary/aromatic N) is 4. The van der Waals surface area contributed by atoms with E-state index in [0.29, 0.717) is 22.5 Å². The Morgan fingerprint density at radius 2 is 2.00 bits per heavy atom. The van der Waals surface area contributed by atoms with Crippen LogP contribution in [0.1, 0.15) is 22.0 Å². The van der Waals surface area contributed by atoms with Crippen LogP contribution in [0.4, 0.5) is 4.39 Å². The van der Waals surface area contributed by atoms with E-state index in [9.17, 15) is 14.3 Å². The first-order chi connectivity index (χ1) is 11.5. The van der Waals surface area contributed by atoms with E-state index in [0.717, 1.165) is 0 Å². The van der Waals surface area contributed by atoms with Crippen molar-refractivity contribution in [2.45, 2.75) is 12.6 Å². The van der Waals surface area contributed by atoms with Crippen molar-refractivity contribution in [2.24, 2.45) is 5.73 Å². The van der Waals surface area contributed by atoms with Crippen LogP contribution in [0.5, 0.6) is 0 Å². The van der Waals surface area contributed by atoms with Crippen LogP contribution in [-0.2, 0) is 6.54 Å². The molecule has 0 saturated heterocycles. The first kappa shape index (κ1) is 15.8. The van der Waals surface area contributed by atoms with Gasteiger partial charge in [-0.2, -0.15) is 4.80 Å². The van der Waals surface area contributed by atoms with E-state index >= 15 is 0 Å². The zero-order chi connectivity index (χ0) is 17.1. The summed E-state index contributed by atoms with van der Waals surface area (Å²) in [5.74, 6) is -0.595. The second-order valence-corrected chi connectivity index (χ2v) is 5.18. The quantitative estimate of drug-likeness (QED) is 0.735. The van der Waals surface area contributed by atoms with Gasteiger partial charge in [0.1, 0.15) is 11.9 Å². The molecule has 3 rings (SSSR count). The summed E-state index contributed by atoms with van der Waals surface area (Å²) in [5, 5.41) is 22.1. The number of carbonyl (C=O) groups excluding carboxylic acids is 1. The van der Waals surface area contributed by atoms with Crippen LogP contribution in [0.3, 0.4) is 0 Å². The van der Waals surface area contributed by atoms with Crippen molar-refractivity contribution < 1.29 is 14.3 Å². The molecule has 0 saturated carbocycles. The van der Waals surface area contributed by atoms with Crippen molar-refractivity contribution in [1.82, 2.24) is 20.2 Å². The maximum absolute atomic E-state index is 13.2. The standard InChI is InChI=1S/C16H14FN5O2/c17-13-3-1-2-12(8-13)14(23)9-22-20-16(19-21-22)11-6-4-10(5-7-11)15(18)24/h1-8,14,23H,9H2,(H2,18,24)/t14-/m1/s1. The minimum absolute atomic E-state index is 0.0375. The zero-order valence-corrected chi connectivity index (χ0v) is 12.5. The number of hydrogen-bond acceptors (Lipinski definition) is 5. The van der Waals surface area contributed by atoms with Crippen LogP contribution < -0.4 is 5.73 Å².